The molecule has 1 aliphatic rings. The molecule has 3 aromatic rings. The van der Waals surface area contributed by atoms with Gasteiger partial charge in [-0.15, -0.1) is 0 Å². The number of fused-ring (bicyclic) bond motifs is 1. The normalized spacial score (nSPS) is 13.6. The van der Waals surface area contributed by atoms with E-state index in [2.05, 4.69) is 5.32 Å². The predicted octanol–water partition coefficient (Wildman–Crippen LogP) is 4.02. The lowest BCUT2D eigenvalue weighted by Gasteiger charge is -2.20. The van der Waals surface area contributed by atoms with Crippen molar-refractivity contribution in [1.29, 1.82) is 0 Å². The lowest BCUT2D eigenvalue weighted by atomic mass is 10.1. The number of ether oxygens (including phenoxy) is 3. The fraction of sp³-hybridized carbons (Fsp3) is 0.296. The fourth-order valence-electron chi connectivity index (χ4n) is 4.26. The number of hydrogen-bond acceptors (Lipinski definition) is 6. The number of anilines is 1. The molecule has 0 bridgehead atoms. The monoisotopic (exact) mass is 510 g/mol. The first-order valence-electron chi connectivity index (χ1n) is 11.6. The van der Waals surface area contributed by atoms with Gasteiger partial charge in [0.1, 0.15) is 5.75 Å². The lowest BCUT2D eigenvalue weighted by molar-refractivity contribution is -0.123. The van der Waals surface area contributed by atoms with E-state index in [4.69, 9.17) is 14.2 Å². The Morgan fingerprint density at radius 1 is 1.00 bits per heavy atom. The summed E-state index contributed by atoms with van der Waals surface area (Å²) in [6.07, 6.45) is 0.687. The smallest absolute Gasteiger partial charge is 0.264 e. The van der Waals surface area contributed by atoms with Crippen LogP contribution in [0.1, 0.15) is 29.7 Å². The summed E-state index contributed by atoms with van der Waals surface area (Å²) < 4.78 is 44.3. The van der Waals surface area contributed by atoms with Crippen LogP contribution in [0.3, 0.4) is 0 Å². The highest BCUT2D eigenvalue weighted by Crippen LogP contribution is 2.34. The number of carbonyl (C=O) groups is 1. The molecule has 0 saturated carbocycles. The molecule has 0 aliphatic carbocycles. The van der Waals surface area contributed by atoms with Crippen molar-refractivity contribution in [2.45, 2.75) is 31.2 Å². The van der Waals surface area contributed by atoms with Gasteiger partial charge in [-0.25, -0.2) is 8.42 Å². The molecule has 0 spiro atoms. The number of hydrogen-bond donors (Lipinski definition) is 1. The summed E-state index contributed by atoms with van der Waals surface area (Å²) in [4.78, 5) is 12.7. The highest BCUT2D eigenvalue weighted by atomic mass is 32.2. The molecule has 9 heteroatoms. The Morgan fingerprint density at radius 2 is 1.72 bits per heavy atom. The average molecular weight is 511 g/mol. The minimum absolute atomic E-state index is 0.190. The maximum absolute atomic E-state index is 13.3. The molecule has 36 heavy (non-hydrogen) atoms. The molecule has 3 aromatic carbocycles. The number of nitrogens with zero attached hydrogens (tertiary/aromatic N) is 1. The summed E-state index contributed by atoms with van der Waals surface area (Å²) in [7, 11) is -0.579. The van der Waals surface area contributed by atoms with Crippen LogP contribution in [0.4, 0.5) is 5.69 Å². The molecule has 190 valence electrons. The van der Waals surface area contributed by atoms with E-state index in [0.29, 0.717) is 35.8 Å². The van der Waals surface area contributed by atoms with Gasteiger partial charge in [0.15, 0.2) is 18.1 Å². The van der Waals surface area contributed by atoms with E-state index in [9.17, 15) is 13.2 Å². The third-order valence-electron chi connectivity index (χ3n) is 6.22. The molecule has 0 saturated heterocycles. The fourth-order valence-corrected chi connectivity index (χ4v) is 5.85. The molecule has 0 radical (unpaired) electrons. The number of methoxy groups -OCH3 is 2. The largest absolute Gasteiger partial charge is 0.493 e. The van der Waals surface area contributed by atoms with Gasteiger partial charge < -0.3 is 19.5 Å². The third-order valence-corrected chi connectivity index (χ3v) is 8.03. The molecule has 1 atom stereocenters. The van der Waals surface area contributed by atoms with Gasteiger partial charge in [0.2, 0.25) is 0 Å². The molecule has 4 rings (SSSR count). The number of para-hydroxylation sites is 1. The molecular formula is C27H30N2O6S. The summed E-state index contributed by atoms with van der Waals surface area (Å²) in [5.41, 5.74) is 3.22. The number of rotatable bonds is 9. The Kier molecular flexibility index (Phi) is 7.40. The van der Waals surface area contributed by atoms with E-state index in [-0.39, 0.29) is 23.5 Å². The van der Waals surface area contributed by atoms with Crippen molar-refractivity contribution >= 4 is 21.6 Å². The Labute approximate surface area is 211 Å². The van der Waals surface area contributed by atoms with E-state index in [1.165, 1.54) is 10.4 Å². The first-order chi connectivity index (χ1) is 17.2. The van der Waals surface area contributed by atoms with Crippen molar-refractivity contribution in [2.24, 2.45) is 0 Å². The minimum Gasteiger partial charge on any atom is -0.493 e. The van der Waals surface area contributed by atoms with E-state index in [1.54, 1.807) is 39.3 Å². The molecule has 0 fully saturated rings. The van der Waals surface area contributed by atoms with Gasteiger partial charge in [-0.2, -0.15) is 0 Å². The zero-order valence-electron chi connectivity index (χ0n) is 20.8. The van der Waals surface area contributed by atoms with Crippen LogP contribution in [-0.4, -0.2) is 41.7 Å². The van der Waals surface area contributed by atoms with Crippen LogP contribution in [0.15, 0.2) is 65.6 Å². The van der Waals surface area contributed by atoms with Crippen LogP contribution in [0, 0.1) is 6.92 Å². The predicted molar refractivity (Wildman–Crippen MR) is 137 cm³/mol. The quantitative estimate of drug-likeness (QED) is 0.467. The lowest BCUT2D eigenvalue weighted by Crippen LogP contribution is -2.31. The van der Waals surface area contributed by atoms with Crippen LogP contribution in [0.25, 0.3) is 0 Å². The molecule has 1 N–H and O–H groups in total. The van der Waals surface area contributed by atoms with Gasteiger partial charge in [-0.3, -0.25) is 9.10 Å². The molecular weight excluding hydrogens is 480 g/mol. The summed E-state index contributed by atoms with van der Waals surface area (Å²) >= 11 is 0. The minimum atomic E-state index is -3.70. The van der Waals surface area contributed by atoms with Crippen LogP contribution < -0.4 is 23.8 Å². The summed E-state index contributed by atoms with van der Waals surface area (Å²) in [5, 5.41) is 2.89. The highest BCUT2D eigenvalue weighted by molar-refractivity contribution is 7.92. The van der Waals surface area contributed by atoms with Gasteiger partial charge in [0.25, 0.3) is 15.9 Å². The second kappa shape index (κ2) is 10.5. The van der Waals surface area contributed by atoms with Gasteiger partial charge in [-0.05, 0) is 73.4 Å². The standard InChI is InChI=1S/C27H30N2O6S/c1-18-15-22(36(31,32)29-14-13-20-7-5-6-8-23(20)29)10-12-24(18)35-17-27(30)28-19(2)21-9-11-25(33-3)26(16-21)34-4/h5-12,15-16,19H,13-14,17H2,1-4H3,(H,28,30)/t19-/m0/s1. The van der Waals surface area contributed by atoms with Crippen LogP contribution >= 0.6 is 0 Å². The second-order valence-corrected chi connectivity index (χ2v) is 10.4. The van der Waals surface area contributed by atoms with Gasteiger partial charge >= 0.3 is 0 Å². The Bertz CT molecular complexity index is 1370. The second-order valence-electron chi connectivity index (χ2n) is 8.58. The van der Waals surface area contributed by atoms with Crippen LogP contribution in [0.5, 0.6) is 17.2 Å². The van der Waals surface area contributed by atoms with Gasteiger partial charge in [0.05, 0.1) is 30.8 Å². The molecule has 1 aliphatic heterocycles. The number of nitrogens with one attached hydrogen (secondary N) is 1. The van der Waals surface area contributed by atoms with E-state index < -0.39 is 10.0 Å². The Hall–Kier alpha value is -3.72. The average Bonchev–Trinajstić information content (AvgIpc) is 3.32. The van der Waals surface area contributed by atoms with E-state index in [0.717, 1.165) is 16.8 Å². The molecule has 0 unspecified atom stereocenters. The van der Waals surface area contributed by atoms with Crippen molar-refractivity contribution < 1.29 is 27.4 Å². The van der Waals surface area contributed by atoms with Crippen molar-refractivity contribution in [3.8, 4) is 17.2 Å². The summed E-state index contributed by atoms with van der Waals surface area (Å²) in [5.74, 6) is 1.33. The highest BCUT2D eigenvalue weighted by Gasteiger charge is 2.30. The van der Waals surface area contributed by atoms with Gasteiger partial charge in [-0.1, -0.05) is 24.3 Å². The Morgan fingerprint density at radius 3 is 2.44 bits per heavy atom. The SMILES string of the molecule is COc1ccc([C@H](C)NC(=O)COc2ccc(S(=O)(=O)N3CCc4ccccc43)cc2C)cc1OC. The number of benzene rings is 3. The van der Waals surface area contributed by atoms with E-state index in [1.807, 2.05) is 43.3 Å². The first kappa shape index (κ1) is 25.4. The number of carbonyl (C=O) groups excluding carboxylic acids is 1. The summed E-state index contributed by atoms with van der Waals surface area (Å²) in [6.45, 7) is 3.83. The van der Waals surface area contributed by atoms with Gasteiger partial charge in [0, 0.05) is 6.54 Å². The molecule has 1 amide bonds. The van der Waals surface area contributed by atoms with Crippen molar-refractivity contribution in [3.05, 3.63) is 77.4 Å². The third kappa shape index (κ3) is 5.11. The zero-order chi connectivity index (χ0) is 25.9. The molecule has 8 nitrogen and oxygen atoms in total. The number of sulfonamides is 1. The maximum Gasteiger partial charge on any atom is 0.264 e. The number of amides is 1. The van der Waals surface area contributed by atoms with Crippen molar-refractivity contribution in [3.63, 3.8) is 0 Å². The van der Waals surface area contributed by atoms with Crippen LogP contribution in [0.2, 0.25) is 0 Å². The topological polar surface area (TPSA) is 94.2 Å². The first-order valence-corrected chi connectivity index (χ1v) is 13.0. The van der Waals surface area contributed by atoms with Crippen molar-refractivity contribution in [2.75, 3.05) is 31.7 Å². The number of aryl methyl sites for hydroxylation is 1. The zero-order valence-corrected chi connectivity index (χ0v) is 21.6. The molecule has 1 heterocycles. The maximum atomic E-state index is 13.3. The molecule has 0 aromatic heterocycles. The van der Waals surface area contributed by atoms with E-state index >= 15 is 0 Å². The Balaban J connectivity index is 1.39. The van der Waals surface area contributed by atoms with Crippen molar-refractivity contribution in [1.82, 2.24) is 5.32 Å². The van der Waals surface area contributed by atoms with Crippen LogP contribution in [-0.2, 0) is 21.2 Å². The summed E-state index contributed by atoms with van der Waals surface area (Å²) in [6, 6.07) is 17.4.